The van der Waals surface area contributed by atoms with Crippen molar-refractivity contribution in [1.82, 2.24) is 9.96 Å². The van der Waals surface area contributed by atoms with Crippen molar-refractivity contribution in [2.45, 2.75) is 18.7 Å². The average molecular weight is 344 g/mol. The summed E-state index contributed by atoms with van der Waals surface area (Å²) < 4.78 is 4.89. The van der Waals surface area contributed by atoms with Crippen LogP contribution in [0.2, 0.25) is 0 Å². The summed E-state index contributed by atoms with van der Waals surface area (Å²) in [6.45, 7) is 0.733. The van der Waals surface area contributed by atoms with Crippen LogP contribution in [0.15, 0.2) is 41.8 Å². The van der Waals surface area contributed by atoms with E-state index in [9.17, 15) is 9.59 Å². The van der Waals surface area contributed by atoms with E-state index in [-0.39, 0.29) is 12.1 Å². The number of carbonyl (C=O) groups is 2. The van der Waals surface area contributed by atoms with Gasteiger partial charge in [-0.3, -0.25) is 4.84 Å². The van der Waals surface area contributed by atoms with Crippen LogP contribution in [-0.4, -0.2) is 35.6 Å². The molecule has 0 aliphatic carbocycles. The van der Waals surface area contributed by atoms with Gasteiger partial charge >= 0.3 is 12.0 Å². The predicted octanol–water partition coefficient (Wildman–Crippen LogP) is 2.89. The molecule has 6 nitrogen and oxygen atoms in total. The topological polar surface area (TPSA) is 59.1 Å². The van der Waals surface area contributed by atoms with Crippen LogP contribution in [-0.2, 0) is 21.0 Å². The van der Waals surface area contributed by atoms with E-state index in [0.29, 0.717) is 13.2 Å². The highest BCUT2D eigenvalue weighted by Crippen LogP contribution is 2.46. The second-order valence-electron chi connectivity index (χ2n) is 5.70. The minimum Gasteiger partial charge on any atom is -0.467 e. The maximum atomic E-state index is 12.7. The van der Waals surface area contributed by atoms with Crippen LogP contribution < -0.4 is 0 Å². The van der Waals surface area contributed by atoms with Gasteiger partial charge in [-0.25, -0.2) is 9.59 Å². The minimum atomic E-state index is -0.681. The van der Waals surface area contributed by atoms with E-state index >= 15 is 0 Å². The molecule has 7 heteroatoms. The van der Waals surface area contributed by atoms with Crippen LogP contribution >= 0.6 is 11.3 Å². The second kappa shape index (κ2) is 5.92. The first kappa shape index (κ1) is 15.2. The summed E-state index contributed by atoms with van der Waals surface area (Å²) in [6.07, 6.45) is 0. The number of hydroxylamine groups is 2. The Balaban J connectivity index is 1.61. The summed E-state index contributed by atoms with van der Waals surface area (Å²) >= 11 is 1.47. The molecule has 2 bridgehead atoms. The number of hydrogen-bond acceptors (Lipinski definition) is 5. The molecule has 2 atom stereocenters. The summed E-state index contributed by atoms with van der Waals surface area (Å²) in [6, 6.07) is 10.5. The Morgan fingerprint density at radius 1 is 1.29 bits per heavy atom. The summed E-state index contributed by atoms with van der Waals surface area (Å²) in [4.78, 5) is 33.1. The van der Waals surface area contributed by atoms with Crippen molar-refractivity contribution in [3.05, 3.63) is 57.8 Å². The van der Waals surface area contributed by atoms with E-state index in [1.165, 1.54) is 28.4 Å². The maximum Gasteiger partial charge on any atom is 0.345 e. The molecule has 0 N–H and O–H groups in total. The van der Waals surface area contributed by atoms with Gasteiger partial charge in [0.25, 0.3) is 0 Å². The molecule has 1 saturated heterocycles. The average Bonchev–Trinajstić information content (AvgIpc) is 3.20. The van der Waals surface area contributed by atoms with Crippen LogP contribution in [0.3, 0.4) is 0 Å². The molecule has 1 aromatic carbocycles. The molecule has 124 valence electrons. The number of benzene rings is 1. The third-order valence-electron chi connectivity index (χ3n) is 4.37. The van der Waals surface area contributed by atoms with Gasteiger partial charge in [-0.15, -0.1) is 11.3 Å². The van der Waals surface area contributed by atoms with Gasteiger partial charge in [-0.05, 0) is 22.6 Å². The molecule has 0 spiro atoms. The number of nitrogens with zero attached hydrogens (tertiary/aromatic N) is 2. The van der Waals surface area contributed by atoms with Gasteiger partial charge in [-0.2, -0.15) is 5.06 Å². The Kier molecular flexibility index (Phi) is 3.74. The van der Waals surface area contributed by atoms with E-state index in [1.54, 1.807) is 0 Å². The highest BCUT2D eigenvalue weighted by Gasteiger charge is 2.52. The molecule has 24 heavy (non-hydrogen) atoms. The van der Waals surface area contributed by atoms with Gasteiger partial charge in [0.2, 0.25) is 0 Å². The molecule has 0 radical (unpaired) electrons. The first-order valence-corrected chi connectivity index (χ1v) is 8.50. The number of esters is 1. The number of hydrogen-bond donors (Lipinski definition) is 0. The number of carbonyl (C=O) groups excluding carboxylic acids is 2. The quantitative estimate of drug-likeness (QED) is 0.800. The molecule has 1 aromatic heterocycles. The molecule has 1 unspecified atom stereocenters. The standard InChI is InChI=1S/C17H16N2O4S/c1-22-16(20)14-15-12(7-8-24-15)13-9-18(14)17(21)19(13)23-10-11-5-3-2-4-6-11/h2-8,13-14H,9-10H2,1H3/t13-,14?/m1/s1. The molecule has 2 aliphatic heterocycles. The number of amides is 2. The fourth-order valence-corrected chi connectivity index (χ4v) is 4.27. The Hall–Kier alpha value is -2.38. The molecule has 0 saturated carbocycles. The number of rotatable bonds is 4. The third kappa shape index (κ3) is 2.28. The van der Waals surface area contributed by atoms with Crippen molar-refractivity contribution in [2.24, 2.45) is 0 Å². The largest absolute Gasteiger partial charge is 0.467 e. The smallest absolute Gasteiger partial charge is 0.345 e. The Morgan fingerprint density at radius 2 is 2.08 bits per heavy atom. The van der Waals surface area contributed by atoms with Crippen molar-refractivity contribution in [1.29, 1.82) is 0 Å². The SMILES string of the molecule is COC(=O)C1c2sccc2[C@H]2CN1C(=O)N2OCc1ccccc1. The van der Waals surface area contributed by atoms with Gasteiger partial charge in [0, 0.05) is 4.88 Å². The van der Waals surface area contributed by atoms with Crippen LogP contribution in [0, 0.1) is 0 Å². The molecule has 1 fully saturated rings. The van der Waals surface area contributed by atoms with Gasteiger partial charge in [0.05, 0.1) is 13.7 Å². The molecular formula is C17H16N2O4S. The van der Waals surface area contributed by atoms with Crippen LogP contribution in [0.4, 0.5) is 4.79 Å². The third-order valence-corrected chi connectivity index (χ3v) is 5.36. The summed E-state index contributed by atoms with van der Waals surface area (Å²) in [5.41, 5.74) is 1.95. The number of urea groups is 1. The Bertz CT molecular complexity index is 776. The Labute approximate surface area is 143 Å². The summed E-state index contributed by atoms with van der Waals surface area (Å²) in [5.74, 6) is -0.421. The summed E-state index contributed by atoms with van der Waals surface area (Å²) in [5, 5.41) is 3.32. The second-order valence-corrected chi connectivity index (χ2v) is 6.65. The van der Waals surface area contributed by atoms with E-state index < -0.39 is 12.0 Å². The van der Waals surface area contributed by atoms with Gasteiger partial charge in [-0.1, -0.05) is 30.3 Å². The van der Waals surface area contributed by atoms with Gasteiger partial charge in [0.1, 0.15) is 12.6 Å². The fraction of sp³-hybridized carbons (Fsp3) is 0.294. The molecule has 2 aromatic rings. The van der Waals surface area contributed by atoms with Crippen molar-refractivity contribution >= 4 is 23.3 Å². The van der Waals surface area contributed by atoms with Gasteiger partial charge < -0.3 is 9.64 Å². The molecule has 4 rings (SSSR count). The van der Waals surface area contributed by atoms with E-state index in [0.717, 1.165) is 16.0 Å². The number of fused-ring (bicyclic) bond motifs is 4. The van der Waals surface area contributed by atoms with E-state index in [2.05, 4.69) is 0 Å². The molecule has 2 amide bonds. The lowest BCUT2D eigenvalue weighted by Crippen LogP contribution is -2.38. The van der Waals surface area contributed by atoms with Gasteiger partial charge in [0.15, 0.2) is 6.04 Å². The fourth-order valence-electron chi connectivity index (χ4n) is 3.22. The van der Waals surface area contributed by atoms with Crippen molar-refractivity contribution in [2.75, 3.05) is 13.7 Å². The first-order chi connectivity index (χ1) is 11.7. The predicted molar refractivity (Wildman–Crippen MR) is 87.0 cm³/mol. The highest BCUT2D eigenvalue weighted by atomic mass is 32.1. The number of thiophene rings is 1. The van der Waals surface area contributed by atoms with Crippen LogP contribution in [0.5, 0.6) is 0 Å². The maximum absolute atomic E-state index is 12.7. The zero-order chi connectivity index (χ0) is 16.7. The van der Waals surface area contributed by atoms with E-state index in [1.807, 2.05) is 41.8 Å². The highest BCUT2D eigenvalue weighted by molar-refractivity contribution is 7.10. The molecular weight excluding hydrogens is 328 g/mol. The Morgan fingerprint density at radius 3 is 2.83 bits per heavy atom. The van der Waals surface area contributed by atoms with Crippen LogP contribution in [0.25, 0.3) is 0 Å². The van der Waals surface area contributed by atoms with Crippen LogP contribution in [0.1, 0.15) is 28.1 Å². The number of methoxy groups -OCH3 is 1. The van der Waals surface area contributed by atoms with Crippen molar-refractivity contribution in [3.63, 3.8) is 0 Å². The molecule has 3 heterocycles. The lowest BCUT2D eigenvalue weighted by Gasteiger charge is -2.28. The lowest BCUT2D eigenvalue weighted by molar-refractivity contribution is -0.146. The number of ether oxygens (including phenoxy) is 1. The normalized spacial score (nSPS) is 21.8. The van der Waals surface area contributed by atoms with E-state index in [4.69, 9.17) is 9.57 Å². The zero-order valence-electron chi connectivity index (χ0n) is 13.0. The van der Waals surface area contributed by atoms with Crippen molar-refractivity contribution < 1.29 is 19.2 Å². The minimum absolute atomic E-state index is 0.191. The van der Waals surface area contributed by atoms with Crippen molar-refractivity contribution in [3.8, 4) is 0 Å². The lowest BCUT2D eigenvalue weighted by atomic mass is 10.00. The summed E-state index contributed by atoms with van der Waals surface area (Å²) in [7, 11) is 1.34. The molecule has 2 aliphatic rings. The first-order valence-electron chi connectivity index (χ1n) is 7.62. The zero-order valence-corrected chi connectivity index (χ0v) is 13.9. The monoisotopic (exact) mass is 344 g/mol.